The lowest BCUT2D eigenvalue weighted by atomic mass is 10.3. The molecule has 0 aromatic heterocycles. The first-order valence-electron chi connectivity index (χ1n) is 5.45. The lowest BCUT2D eigenvalue weighted by molar-refractivity contribution is -0.139. The minimum Gasteiger partial charge on any atom is -0.492 e. The lowest BCUT2D eigenvalue weighted by Crippen LogP contribution is -2.33. The van der Waals surface area contributed by atoms with Crippen LogP contribution in [0.25, 0.3) is 0 Å². The molecular weight excluding hydrogens is 272 g/mol. The molecule has 0 amide bonds. The molecule has 1 aromatic rings. The van der Waals surface area contributed by atoms with Gasteiger partial charge in [-0.15, -0.1) is 0 Å². The maximum Gasteiger partial charge on any atom is 0.320 e. The molecule has 0 heterocycles. The highest BCUT2D eigenvalue weighted by Crippen LogP contribution is 2.12. The van der Waals surface area contributed by atoms with Crippen LogP contribution in [0.15, 0.2) is 24.3 Å². The molecule has 1 rings (SSSR count). The fourth-order valence-corrected chi connectivity index (χ4v) is 1.93. The largest absolute Gasteiger partial charge is 0.492 e. The number of nitrogens with one attached hydrogen (secondary N) is 1. The normalized spacial score (nSPS) is 11.0. The highest BCUT2D eigenvalue weighted by atomic mass is 32.2. The third-order valence-electron chi connectivity index (χ3n) is 2.16. The topological polar surface area (TPSA) is 108 Å². The average molecular weight is 288 g/mol. The molecular formula is C11H16N2O5S. The zero-order valence-electron chi connectivity index (χ0n) is 10.5. The summed E-state index contributed by atoms with van der Waals surface area (Å²) in [7, 11) is -2.38. The van der Waals surface area contributed by atoms with E-state index in [9.17, 15) is 13.2 Å². The Hall–Kier alpha value is -1.80. The van der Waals surface area contributed by atoms with Crippen LogP contribution in [0.4, 0.5) is 5.69 Å². The third-order valence-corrected chi connectivity index (χ3v) is 3.45. The third kappa shape index (κ3) is 6.07. The van der Waals surface area contributed by atoms with Gasteiger partial charge < -0.3 is 15.2 Å². The molecule has 106 valence electrons. The quantitative estimate of drug-likeness (QED) is 0.528. The van der Waals surface area contributed by atoms with Crippen molar-refractivity contribution >= 4 is 21.7 Å². The second-order valence-corrected chi connectivity index (χ2v) is 5.56. The number of sulfonamides is 1. The van der Waals surface area contributed by atoms with Crippen LogP contribution in [0.5, 0.6) is 5.75 Å². The Balaban J connectivity index is 2.35. The number of nitrogens with two attached hydrogens (primary N) is 1. The van der Waals surface area contributed by atoms with Crippen molar-refractivity contribution in [1.82, 2.24) is 4.72 Å². The van der Waals surface area contributed by atoms with Gasteiger partial charge in [-0.25, -0.2) is 13.1 Å². The molecule has 0 bridgehead atoms. The molecule has 0 radical (unpaired) electrons. The smallest absolute Gasteiger partial charge is 0.320 e. The summed E-state index contributed by atoms with van der Waals surface area (Å²) >= 11 is 0. The fraction of sp³-hybridized carbons (Fsp3) is 0.364. The van der Waals surface area contributed by atoms with Gasteiger partial charge in [0.25, 0.3) is 0 Å². The maximum atomic E-state index is 11.5. The van der Waals surface area contributed by atoms with Crippen LogP contribution in [-0.4, -0.2) is 40.4 Å². The van der Waals surface area contributed by atoms with E-state index < -0.39 is 16.0 Å². The summed E-state index contributed by atoms with van der Waals surface area (Å²) in [5.74, 6) is -0.380. The molecule has 0 unspecified atom stereocenters. The zero-order chi connectivity index (χ0) is 14.3. The van der Waals surface area contributed by atoms with E-state index in [0.29, 0.717) is 11.4 Å². The van der Waals surface area contributed by atoms with Gasteiger partial charge in [-0.1, -0.05) is 0 Å². The Morgan fingerprint density at radius 2 is 1.95 bits per heavy atom. The number of carbonyl (C=O) groups excluding carboxylic acids is 1. The van der Waals surface area contributed by atoms with Crippen LogP contribution in [0.3, 0.4) is 0 Å². The van der Waals surface area contributed by atoms with Crippen LogP contribution in [0.2, 0.25) is 0 Å². The molecule has 8 heteroatoms. The van der Waals surface area contributed by atoms with E-state index in [-0.39, 0.29) is 18.9 Å². The Morgan fingerprint density at radius 3 is 2.53 bits per heavy atom. The van der Waals surface area contributed by atoms with E-state index in [0.717, 1.165) is 0 Å². The van der Waals surface area contributed by atoms with Crippen molar-refractivity contribution in [3.63, 3.8) is 0 Å². The molecule has 0 aliphatic carbocycles. The molecule has 7 nitrogen and oxygen atoms in total. The van der Waals surface area contributed by atoms with Crippen molar-refractivity contribution < 1.29 is 22.7 Å². The van der Waals surface area contributed by atoms with Gasteiger partial charge in [0.2, 0.25) is 10.0 Å². The van der Waals surface area contributed by atoms with E-state index in [4.69, 9.17) is 10.5 Å². The number of anilines is 1. The van der Waals surface area contributed by atoms with Crippen LogP contribution in [-0.2, 0) is 19.6 Å². The summed E-state index contributed by atoms with van der Waals surface area (Å²) in [6, 6.07) is 6.59. The van der Waals surface area contributed by atoms with Crippen molar-refractivity contribution in [1.29, 1.82) is 0 Å². The van der Waals surface area contributed by atoms with Gasteiger partial charge in [0.1, 0.15) is 18.9 Å². The Bertz CT molecular complexity index is 512. The van der Waals surface area contributed by atoms with Gasteiger partial charge in [-0.2, -0.15) is 0 Å². The average Bonchev–Trinajstić information content (AvgIpc) is 2.38. The molecule has 0 fully saturated rings. The number of hydrogen-bond donors (Lipinski definition) is 2. The standard InChI is InChI=1S/C11H16N2O5S/c1-17-11(14)8-13-19(15,16)7-6-18-10-4-2-9(12)3-5-10/h2-5,13H,6-8,12H2,1H3. The minimum atomic E-state index is -3.57. The number of nitrogen functional groups attached to an aromatic ring is 1. The Kier molecular flexibility index (Phi) is 5.58. The van der Waals surface area contributed by atoms with Crippen LogP contribution < -0.4 is 15.2 Å². The maximum absolute atomic E-state index is 11.5. The monoisotopic (exact) mass is 288 g/mol. The van der Waals surface area contributed by atoms with Crippen molar-refractivity contribution in [2.75, 3.05) is 31.7 Å². The molecule has 3 N–H and O–H groups in total. The van der Waals surface area contributed by atoms with Crippen molar-refractivity contribution in [2.24, 2.45) is 0 Å². The molecule has 0 saturated heterocycles. The second kappa shape index (κ2) is 6.95. The van der Waals surface area contributed by atoms with Crippen molar-refractivity contribution in [3.8, 4) is 5.75 Å². The highest BCUT2D eigenvalue weighted by Gasteiger charge is 2.12. The summed E-state index contributed by atoms with van der Waals surface area (Å²) in [4.78, 5) is 10.8. The van der Waals surface area contributed by atoms with E-state index >= 15 is 0 Å². The summed E-state index contributed by atoms with van der Waals surface area (Å²) in [5, 5.41) is 0. The molecule has 1 aromatic carbocycles. The van der Waals surface area contributed by atoms with E-state index in [1.807, 2.05) is 0 Å². The number of methoxy groups -OCH3 is 1. The van der Waals surface area contributed by atoms with E-state index in [1.165, 1.54) is 7.11 Å². The summed E-state index contributed by atoms with van der Waals surface area (Å²) in [5.41, 5.74) is 6.10. The van der Waals surface area contributed by atoms with Gasteiger partial charge in [-0.05, 0) is 24.3 Å². The number of hydrogen-bond acceptors (Lipinski definition) is 6. The number of carbonyl (C=O) groups is 1. The molecule has 19 heavy (non-hydrogen) atoms. The molecule has 0 aliphatic rings. The number of ether oxygens (including phenoxy) is 2. The van der Waals surface area contributed by atoms with E-state index in [1.54, 1.807) is 24.3 Å². The second-order valence-electron chi connectivity index (χ2n) is 3.63. The SMILES string of the molecule is COC(=O)CNS(=O)(=O)CCOc1ccc(N)cc1. The van der Waals surface area contributed by atoms with E-state index in [2.05, 4.69) is 9.46 Å². The van der Waals surface area contributed by atoms with Gasteiger partial charge in [0.05, 0.1) is 12.9 Å². The Labute approximate surface area is 111 Å². The van der Waals surface area contributed by atoms with Crippen molar-refractivity contribution in [3.05, 3.63) is 24.3 Å². The highest BCUT2D eigenvalue weighted by molar-refractivity contribution is 7.89. The first-order valence-corrected chi connectivity index (χ1v) is 7.10. The summed E-state index contributed by atoms with van der Waals surface area (Å²) in [6.45, 7) is -0.416. The number of benzene rings is 1. The first-order chi connectivity index (χ1) is 8.93. The lowest BCUT2D eigenvalue weighted by Gasteiger charge is -2.08. The van der Waals surface area contributed by atoms with Gasteiger partial charge in [-0.3, -0.25) is 4.79 Å². The van der Waals surface area contributed by atoms with Gasteiger partial charge in [0, 0.05) is 5.69 Å². The van der Waals surface area contributed by atoms with Gasteiger partial charge >= 0.3 is 5.97 Å². The summed E-state index contributed by atoms with van der Waals surface area (Å²) < 4.78 is 34.6. The first kappa shape index (κ1) is 15.3. The molecule has 0 aliphatic heterocycles. The van der Waals surface area contributed by atoms with Crippen molar-refractivity contribution in [2.45, 2.75) is 0 Å². The van der Waals surface area contributed by atoms with Gasteiger partial charge in [0.15, 0.2) is 0 Å². The number of rotatable bonds is 7. The predicted molar refractivity (Wildman–Crippen MR) is 70.2 cm³/mol. The number of esters is 1. The predicted octanol–water partition coefficient (Wildman–Crippen LogP) is -0.260. The summed E-state index contributed by atoms with van der Waals surface area (Å²) in [6.07, 6.45) is 0. The van der Waals surface area contributed by atoms with Crippen LogP contribution in [0, 0.1) is 0 Å². The molecule has 0 spiro atoms. The fourth-order valence-electron chi connectivity index (χ4n) is 1.15. The molecule has 0 saturated carbocycles. The van der Waals surface area contributed by atoms with Crippen LogP contribution >= 0.6 is 0 Å². The Morgan fingerprint density at radius 1 is 1.32 bits per heavy atom. The zero-order valence-corrected chi connectivity index (χ0v) is 11.3. The van der Waals surface area contributed by atoms with Crippen LogP contribution in [0.1, 0.15) is 0 Å². The minimum absolute atomic E-state index is 0.0274. The molecule has 0 atom stereocenters.